The van der Waals surface area contributed by atoms with Crippen LogP contribution in [0, 0.1) is 23.7 Å². The molecule has 0 spiro atoms. The van der Waals surface area contributed by atoms with Gasteiger partial charge in [-0.15, -0.1) is 0 Å². The third kappa shape index (κ3) is 9.09. The second kappa shape index (κ2) is 13.9. The van der Waals surface area contributed by atoms with Gasteiger partial charge >= 0.3 is 0 Å². The summed E-state index contributed by atoms with van der Waals surface area (Å²) in [6.07, 6.45) is 14.3. The van der Waals surface area contributed by atoms with Gasteiger partial charge in [-0.25, -0.2) is 0 Å². The molecular weight excluding hydrogens is 505 g/mol. The Hall–Kier alpha value is -1.91. The summed E-state index contributed by atoms with van der Waals surface area (Å²) in [6, 6.07) is 4.35. The third-order valence-electron chi connectivity index (χ3n) is 6.59. The highest BCUT2D eigenvalue weighted by Gasteiger charge is 2.27. The number of allylic oxidation sites excluding steroid dienone is 8. The zero-order valence-electron chi connectivity index (χ0n) is 24.6. The molecule has 2 aliphatic rings. The fourth-order valence-electron chi connectivity index (χ4n) is 4.59. The van der Waals surface area contributed by atoms with Gasteiger partial charge in [0.1, 0.15) is 0 Å². The molecule has 0 radical (unpaired) electrons. The van der Waals surface area contributed by atoms with Crippen LogP contribution in [0.3, 0.4) is 0 Å². The molecule has 206 valence electrons. The van der Waals surface area contributed by atoms with Gasteiger partial charge in [0, 0.05) is 36.1 Å². The summed E-state index contributed by atoms with van der Waals surface area (Å²) < 4.78 is 0. The minimum Gasteiger partial charge on any atom is -0.871 e. The largest absolute Gasteiger partial charge is 0.871 e. The third-order valence-corrected chi connectivity index (χ3v) is 8.85. The van der Waals surface area contributed by atoms with Crippen LogP contribution in [0.25, 0.3) is 6.08 Å². The van der Waals surface area contributed by atoms with E-state index in [9.17, 15) is 9.90 Å². The van der Waals surface area contributed by atoms with Gasteiger partial charge in [0.05, 0.1) is 0 Å². The molecule has 0 N–H and O–H groups in total. The number of thioether (sulfide) groups is 1. The Morgan fingerprint density at radius 3 is 1.71 bits per heavy atom. The summed E-state index contributed by atoms with van der Waals surface area (Å²) in [5, 5.41) is 13.2. The smallest absolute Gasteiger partial charge is 0.218 e. The SMILES string of the molecule is CC(C)CCc1cc(C=C2C(=O)C(C=C3C=C(CC(C)C)SC(CC(C)C)=C3)=C2[O-])cc(CCC(C)C)[s+]1. The first kappa shape index (κ1) is 30.6. The van der Waals surface area contributed by atoms with E-state index < -0.39 is 0 Å². The van der Waals surface area contributed by atoms with Crippen LogP contribution in [0.15, 0.2) is 62.6 Å². The van der Waals surface area contributed by atoms with Gasteiger partial charge in [0.2, 0.25) is 21.1 Å². The molecule has 0 atom stereocenters. The number of carbonyl (C=O) groups excluding carboxylic acids is 1. The van der Waals surface area contributed by atoms with Crippen LogP contribution in [0.5, 0.6) is 0 Å². The van der Waals surface area contributed by atoms with Gasteiger partial charge in [0.25, 0.3) is 0 Å². The van der Waals surface area contributed by atoms with Crippen molar-refractivity contribution in [2.24, 2.45) is 23.7 Å². The lowest BCUT2D eigenvalue weighted by molar-refractivity contribution is -0.300. The molecule has 1 aliphatic carbocycles. The molecule has 1 aromatic rings. The molecule has 0 amide bonds. The first-order chi connectivity index (χ1) is 17.9. The summed E-state index contributed by atoms with van der Waals surface area (Å²) >= 11 is 3.73. The predicted molar refractivity (Wildman–Crippen MR) is 166 cm³/mol. The van der Waals surface area contributed by atoms with Gasteiger partial charge in [-0.3, -0.25) is 4.79 Å². The first-order valence-electron chi connectivity index (χ1n) is 14.4. The molecule has 1 aromatic heterocycles. The Labute approximate surface area is 239 Å². The minimum atomic E-state index is -0.127. The molecule has 0 saturated carbocycles. The van der Waals surface area contributed by atoms with E-state index in [1.807, 2.05) is 35.3 Å². The van der Waals surface area contributed by atoms with Crippen molar-refractivity contribution in [2.45, 2.75) is 93.9 Å². The van der Waals surface area contributed by atoms with Crippen molar-refractivity contribution in [3.63, 3.8) is 0 Å². The van der Waals surface area contributed by atoms with E-state index in [-0.39, 0.29) is 11.5 Å². The van der Waals surface area contributed by atoms with Crippen LogP contribution in [0.4, 0.5) is 0 Å². The highest BCUT2D eigenvalue weighted by Crippen LogP contribution is 2.40. The highest BCUT2D eigenvalue weighted by molar-refractivity contribution is 8.06. The van der Waals surface area contributed by atoms with Crippen LogP contribution < -0.4 is 5.11 Å². The normalized spacial score (nSPS) is 17.2. The van der Waals surface area contributed by atoms with Crippen LogP contribution in [-0.4, -0.2) is 5.78 Å². The molecule has 1 aliphatic heterocycles. The summed E-state index contributed by atoms with van der Waals surface area (Å²) in [6.45, 7) is 17.9. The highest BCUT2D eigenvalue weighted by atomic mass is 32.2. The van der Waals surface area contributed by atoms with Gasteiger partial charge in [0.15, 0.2) is 5.78 Å². The van der Waals surface area contributed by atoms with Crippen molar-refractivity contribution < 1.29 is 9.90 Å². The molecule has 38 heavy (non-hydrogen) atoms. The van der Waals surface area contributed by atoms with E-state index in [2.05, 4.69) is 79.7 Å². The van der Waals surface area contributed by atoms with E-state index in [0.29, 0.717) is 34.8 Å². The van der Waals surface area contributed by atoms with Gasteiger partial charge in [-0.2, -0.15) is 0 Å². The second-order valence-corrected chi connectivity index (χ2v) is 15.0. The second-order valence-electron chi connectivity index (χ2n) is 12.5. The maximum absolute atomic E-state index is 13.2. The lowest BCUT2D eigenvalue weighted by atomic mass is 9.85. The summed E-state index contributed by atoms with van der Waals surface area (Å²) in [7, 11) is 0. The molecule has 0 bridgehead atoms. The average Bonchev–Trinajstić information content (AvgIpc) is 2.82. The van der Waals surface area contributed by atoms with Gasteiger partial charge < -0.3 is 5.11 Å². The summed E-state index contributed by atoms with van der Waals surface area (Å²) in [5.74, 6) is 2.16. The number of aryl methyl sites for hydroxylation is 2. The van der Waals surface area contributed by atoms with Crippen LogP contribution in [0.2, 0.25) is 0 Å². The van der Waals surface area contributed by atoms with E-state index in [1.165, 1.54) is 19.6 Å². The van der Waals surface area contributed by atoms with Crippen molar-refractivity contribution in [2.75, 3.05) is 0 Å². The number of hydrogen-bond acceptors (Lipinski definition) is 3. The fraction of sp³-hybridized carbons (Fsp3) is 0.529. The van der Waals surface area contributed by atoms with Crippen molar-refractivity contribution >= 4 is 35.0 Å². The Balaban J connectivity index is 1.91. The molecule has 3 rings (SSSR count). The number of hydrogen-bond donors (Lipinski definition) is 0. The quantitative estimate of drug-likeness (QED) is 0.192. The number of Topliss-reactive ketones (excluding diaryl/α,β-unsaturated/α-hetero) is 1. The zero-order valence-corrected chi connectivity index (χ0v) is 26.3. The molecule has 4 heteroatoms. The van der Waals surface area contributed by atoms with Crippen molar-refractivity contribution in [1.29, 1.82) is 0 Å². The summed E-state index contributed by atoms with van der Waals surface area (Å²) in [5.41, 5.74) is 2.59. The molecular formula is C34H46O2S2. The summed E-state index contributed by atoms with van der Waals surface area (Å²) in [4.78, 5) is 18.5. The van der Waals surface area contributed by atoms with Gasteiger partial charge in [-0.1, -0.05) is 72.9 Å². The molecule has 0 saturated heterocycles. The standard InChI is InChI=1S/C34H46O2S2/c1-21(2)9-11-27-15-25(16-28(37-27)12-10-22(3)4)19-31-33(35)32(34(31)36)20-26-17-29(13-23(5)6)38-30(18-26)14-24(7)8/h15-24H,9-14H2,1-8H3. The number of ketones is 1. The van der Waals surface area contributed by atoms with Crippen molar-refractivity contribution in [1.82, 2.24) is 0 Å². The zero-order chi connectivity index (χ0) is 28.0. The maximum atomic E-state index is 13.2. The maximum Gasteiger partial charge on any atom is 0.218 e. The molecule has 0 aromatic carbocycles. The Morgan fingerprint density at radius 1 is 0.789 bits per heavy atom. The monoisotopic (exact) mass is 550 g/mol. The van der Waals surface area contributed by atoms with Crippen LogP contribution in [0.1, 0.15) is 96.4 Å². The van der Waals surface area contributed by atoms with Crippen LogP contribution >= 0.6 is 23.1 Å². The van der Waals surface area contributed by atoms with Crippen molar-refractivity contribution in [3.05, 3.63) is 78.0 Å². The Kier molecular flexibility index (Phi) is 11.2. The lowest BCUT2D eigenvalue weighted by Gasteiger charge is -2.29. The fourth-order valence-corrected chi connectivity index (χ4v) is 7.32. The van der Waals surface area contributed by atoms with Gasteiger partial charge in [-0.05, 0) is 94.6 Å². The first-order valence-corrected chi connectivity index (χ1v) is 16.0. The number of carbonyl (C=O) groups is 1. The molecule has 2 heterocycles. The predicted octanol–water partition coefficient (Wildman–Crippen LogP) is 9.32. The van der Waals surface area contributed by atoms with Crippen molar-refractivity contribution in [3.8, 4) is 0 Å². The molecule has 2 nitrogen and oxygen atoms in total. The molecule has 0 unspecified atom stereocenters. The van der Waals surface area contributed by atoms with E-state index in [0.717, 1.165) is 49.7 Å². The molecule has 0 fully saturated rings. The topological polar surface area (TPSA) is 40.1 Å². The number of rotatable bonds is 12. The lowest BCUT2D eigenvalue weighted by Crippen LogP contribution is -2.29. The average molecular weight is 551 g/mol. The van der Waals surface area contributed by atoms with E-state index in [4.69, 9.17) is 0 Å². The van der Waals surface area contributed by atoms with Crippen LogP contribution in [-0.2, 0) is 17.6 Å². The van der Waals surface area contributed by atoms with E-state index in [1.54, 1.807) is 0 Å². The minimum absolute atomic E-state index is 0.127. The van der Waals surface area contributed by atoms with E-state index >= 15 is 0 Å². The Bertz CT molecular complexity index is 1110. The Morgan fingerprint density at radius 2 is 1.29 bits per heavy atom.